The summed E-state index contributed by atoms with van der Waals surface area (Å²) in [6.45, 7) is 10.7. The molecule has 0 bridgehead atoms. The van der Waals surface area contributed by atoms with Crippen LogP contribution in [-0.4, -0.2) is 4.98 Å². The summed E-state index contributed by atoms with van der Waals surface area (Å²) in [6, 6.07) is 8.55. The Bertz CT molecular complexity index is 610. The summed E-state index contributed by atoms with van der Waals surface area (Å²) in [6.07, 6.45) is 0.992. The molecule has 0 amide bonds. The van der Waals surface area contributed by atoms with Crippen LogP contribution in [0.3, 0.4) is 0 Å². The molecule has 1 heterocycles. The standard InChI is InChI=1S/C18H24N2/c1-11(2)10-16-13(4)17(18(19)14(5)20-16)15-8-6-12(3)7-9-15/h6-9,11H,10,19H2,1-5H3. The lowest BCUT2D eigenvalue weighted by molar-refractivity contribution is 0.631. The zero-order valence-electron chi connectivity index (χ0n) is 13.1. The number of rotatable bonds is 3. The number of hydrogen-bond acceptors (Lipinski definition) is 2. The quantitative estimate of drug-likeness (QED) is 0.893. The number of nitrogens with two attached hydrogens (primary N) is 1. The molecule has 2 N–H and O–H groups in total. The Balaban J connectivity index is 2.61. The van der Waals surface area contributed by atoms with E-state index in [1.165, 1.54) is 22.4 Å². The highest BCUT2D eigenvalue weighted by atomic mass is 14.8. The molecule has 1 aromatic heterocycles. The average molecular weight is 268 g/mol. The molecule has 0 aliphatic carbocycles. The Morgan fingerprint density at radius 2 is 1.65 bits per heavy atom. The van der Waals surface area contributed by atoms with Crippen molar-refractivity contribution in [2.75, 3.05) is 5.73 Å². The number of hydrogen-bond donors (Lipinski definition) is 1. The lowest BCUT2D eigenvalue weighted by Gasteiger charge is -2.17. The first-order valence-electron chi connectivity index (χ1n) is 7.22. The van der Waals surface area contributed by atoms with E-state index in [9.17, 15) is 0 Å². The van der Waals surface area contributed by atoms with Crippen molar-refractivity contribution in [1.82, 2.24) is 4.98 Å². The van der Waals surface area contributed by atoms with Gasteiger partial charge in [-0.1, -0.05) is 43.7 Å². The van der Waals surface area contributed by atoms with E-state index in [2.05, 4.69) is 52.0 Å². The van der Waals surface area contributed by atoms with Gasteiger partial charge in [0.05, 0.1) is 11.4 Å². The number of nitrogen functional groups attached to an aromatic ring is 1. The molecule has 0 saturated heterocycles. The molecule has 0 atom stereocenters. The molecular weight excluding hydrogens is 244 g/mol. The largest absolute Gasteiger partial charge is 0.397 e. The highest BCUT2D eigenvalue weighted by Crippen LogP contribution is 2.33. The molecule has 2 heteroatoms. The van der Waals surface area contributed by atoms with E-state index in [1.807, 2.05) is 6.92 Å². The maximum absolute atomic E-state index is 6.29. The molecule has 0 aliphatic heterocycles. The van der Waals surface area contributed by atoms with E-state index in [0.717, 1.165) is 23.4 Å². The van der Waals surface area contributed by atoms with Crippen molar-refractivity contribution in [2.45, 2.75) is 41.0 Å². The smallest absolute Gasteiger partial charge is 0.0612 e. The predicted molar refractivity (Wildman–Crippen MR) is 86.8 cm³/mol. The van der Waals surface area contributed by atoms with Gasteiger partial charge in [-0.3, -0.25) is 4.98 Å². The second-order valence-electron chi connectivity index (χ2n) is 6.02. The molecule has 20 heavy (non-hydrogen) atoms. The van der Waals surface area contributed by atoms with Gasteiger partial charge in [0.1, 0.15) is 0 Å². The van der Waals surface area contributed by atoms with E-state index in [0.29, 0.717) is 5.92 Å². The molecule has 0 saturated carbocycles. The molecular formula is C18H24N2. The first-order valence-corrected chi connectivity index (χ1v) is 7.22. The number of aromatic nitrogens is 1. The monoisotopic (exact) mass is 268 g/mol. The predicted octanol–water partition coefficient (Wildman–Crippen LogP) is 4.45. The van der Waals surface area contributed by atoms with Crippen LogP contribution < -0.4 is 5.73 Å². The van der Waals surface area contributed by atoms with Crippen molar-refractivity contribution in [2.24, 2.45) is 5.92 Å². The zero-order chi connectivity index (χ0) is 14.9. The molecule has 2 rings (SSSR count). The van der Waals surface area contributed by atoms with Gasteiger partial charge in [0.15, 0.2) is 0 Å². The van der Waals surface area contributed by atoms with Gasteiger partial charge < -0.3 is 5.73 Å². The number of pyridine rings is 1. The number of anilines is 1. The molecule has 0 spiro atoms. The van der Waals surface area contributed by atoms with E-state index >= 15 is 0 Å². The number of nitrogens with zero attached hydrogens (tertiary/aromatic N) is 1. The Labute approximate surface area is 122 Å². The Kier molecular flexibility index (Phi) is 4.12. The van der Waals surface area contributed by atoms with Crippen molar-refractivity contribution in [3.63, 3.8) is 0 Å². The molecule has 1 aromatic carbocycles. The summed E-state index contributed by atoms with van der Waals surface area (Å²) in [5, 5.41) is 0. The molecule has 2 nitrogen and oxygen atoms in total. The SMILES string of the molecule is Cc1ccc(-c2c(C)c(CC(C)C)nc(C)c2N)cc1. The molecule has 0 radical (unpaired) electrons. The summed E-state index contributed by atoms with van der Waals surface area (Å²) in [5.41, 5.74) is 14.0. The van der Waals surface area contributed by atoms with Gasteiger partial charge in [-0.25, -0.2) is 0 Å². The van der Waals surface area contributed by atoms with Crippen molar-refractivity contribution in [3.05, 3.63) is 46.8 Å². The van der Waals surface area contributed by atoms with E-state index in [1.54, 1.807) is 0 Å². The van der Waals surface area contributed by atoms with Gasteiger partial charge in [0, 0.05) is 11.3 Å². The van der Waals surface area contributed by atoms with Crippen LogP contribution >= 0.6 is 0 Å². The minimum atomic E-state index is 0.593. The van der Waals surface area contributed by atoms with Crippen molar-refractivity contribution < 1.29 is 0 Å². The third-order valence-corrected chi connectivity index (χ3v) is 3.71. The molecule has 0 unspecified atom stereocenters. The summed E-state index contributed by atoms with van der Waals surface area (Å²) in [4.78, 5) is 4.69. The van der Waals surface area contributed by atoms with Crippen LogP contribution in [0.15, 0.2) is 24.3 Å². The van der Waals surface area contributed by atoms with Crippen LogP contribution in [0.4, 0.5) is 5.69 Å². The fourth-order valence-electron chi connectivity index (χ4n) is 2.55. The highest BCUT2D eigenvalue weighted by Gasteiger charge is 2.15. The van der Waals surface area contributed by atoms with Gasteiger partial charge in [-0.15, -0.1) is 0 Å². The van der Waals surface area contributed by atoms with Gasteiger partial charge in [-0.2, -0.15) is 0 Å². The first-order chi connectivity index (χ1) is 9.40. The topological polar surface area (TPSA) is 38.9 Å². The maximum atomic E-state index is 6.29. The highest BCUT2D eigenvalue weighted by molar-refractivity contribution is 5.81. The van der Waals surface area contributed by atoms with E-state index in [4.69, 9.17) is 10.7 Å². The molecule has 0 aliphatic rings. The third-order valence-electron chi connectivity index (χ3n) is 3.71. The summed E-state index contributed by atoms with van der Waals surface area (Å²) < 4.78 is 0. The molecule has 2 aromatic rings. The van der Waals surface area contributed by atoms with Crippen LogP contribution in [0, 0.1) is 26.7 Å². The normalized spacial score (nSPS) is 11.1. The average Bonchev–Trinajstić information content (AvgIpc) is 2.38. The van der Waals surface area contributed by atoms with Crippen LogP contribution in [0.25, 0.3) is 11.1 Å². The lowest BCUT2D eigenvalue weighted by atomic mass is 9.93. The Morgan fingerprint density at radius 3 is 2.20 bits per heavy atom. The van der Waals surface area contributed by atoms with E-state index in [-0.39, 0.29) is 0 Å². The first kappa shape index (κ1) is 14.6. The minimum Gasteiger partial charge on any atom is -0.397 e. The van der Waals surface area contributed by atoms with Gasteiger partial charge >= 0.3 is 0 Å². The second kappa shape index (κ2) is 5.66. The number of aryl methyl sites for hydroxylation is 2. The Hall–Kier alpha value is -1.83. The van der Waals surface area contributed by atoms with Crippen molar-refractivity contribution in [3.8, 4) is 11.1 Å². The van der Waals surface area contributed by atoms with Crippen LogP contribution in [0.5, 0.6) is 0 Å². The maximum Gasteiger partial charge on any atom is 0.0612 e. The van der Waals surface area contributed by atoms with Gasteiger partial charge in [0.2, 0.25) is 0 Å². The van der Waals surface area contributed by atoms with Crippen molar-refractivity contribution >= 4 is 5.69 Å². The van der Waals surface area contributed by atoms with Crippen LogP contribution in [0.2, 0.25) is 0 Å². The Morgan fingerprint density at radius 1 is 1.05 bits per heavy atom. The number of benzene rings is 1. The summed E-state index contributed by atoms with van der Waals surface area (Å²) in [7, 11) is 0. The minimum absolute atomic E-state index is 0.593. The lowest BCUT2D eigenvalue weighted by Crippen LogP contribution is -2.07. The van der Waals surface area contributed by atoms with E-state index < -0.39 is 0 Å². The summed E-state index contributed by atoms with van der Waals surface area (Å²) >= 11 is 0. The summed E-state index contributed by atoms with van der Waals surface area (Å²) in [5.74, 6) is 0.593. The molecule has 106 valence electrons. The molecule has 0 fully saturated rings. The second-order valence-corrected chi connectivity index (χ2v) is 6.02. The van der Waals surface area contributed by atoms with Crippen molar-refractivity contribution in [1.29, 1.82) is 0 Å². The van der Waals surface area contributed by atoms with Gasteiger partial charge in [0.25, 0.3) is 0 Å². The van der Waals surface area contributed by atoms with Gasteiger partial charge in [-0.05, 0) is 44.2 Å². The zero-order valence-corrected chi connectivity index (χ0v) is 13.1. The fraction of sp³-hybridized carbons (Fsp3) is 0.389. The third kappa shape index (κ3) is 2.84. The fourth-order valence-corrected chi connectivity index (χ4v) is 2.55. The van der Waals surface area contributed by atoms with Crippen LogP contribution in [0.1, 0.15) is 36.4 Å². The van der Waals surface area contributed by atoms with Crippen LogP contribution in [-0.2, 0) is 6.42 Å².